The van der Waals surface area contributed by atoms with Gasteiger partial charge in [-0.1, -0.05) is 26.8 Å². The average Bonchev–Trinajstić information content (AvgIpc) is 2.23. The van der Waals surface area contributed by atoms with Crippen LogP contribution < -0.4 is 4.72 Å². The summed E-state index contributed by atoms with van der Waals surface area (Å²) >= 11 is 0. The third-order valence-electron chi connectivity index (χ3n) is 3.07. The van der Waals surface area contributed by atoms with E-state index in [0.29, 0.717) is 12.0 Å². The molecule has 0 aliphatic carbocycles. The summed E-state index contributed by atoms with van der Waals surface area (Å²) in [7, 11) is -3.82. The Morgan fingerprint density at radius 1 is 1.18 bits per heavy atom. The van der Waals surface area contributed by atoms with Crippen molar-refractivity contribution in [2.75, 3.05) is 0 Å². The smallest absolute Gasteiger partial charge is 0.258 e. The van der Waals surface area contributed by atoms with E-state index in [0.717, 1.165) is 6.07 Å². The minimum Gasteiger partial charge on any atom is -0.258 e. The van der Waals surface area contributed by atoms with Crippen LogP contribution in [0.3, 0.4) is 0 Å². The molecule has 0 amide bonds. The Labute approximate surface area is 132 Å². The van der Waals surface area contributed by atoms with Crippen LogP contribution in [-0.4, -0.2) is 18.9 Å². The maximum Gasteiger partial charge on any atom is 0.273 e. The predicted molar refractivity (Wildman–Crippen MR) is 86.3 cm³/mol. The molecule has 1 rings (SSSR count). The molecule has 1 aromatic rings. The van der Waals surface area contributed by atoms with E-state index in [-0.39, 0.29) is 16.0 Å². The standard InChI is InChI=1S/C15H24N2O4S/c1-11-7-8-12(9-13(11)17(18)19)22(20,21)16-15(5,6)10-14(2,3)4/h7-9,16H,10H2,1-6H3. The Morgan fingerprint density at radius 3 is 2.18 bits per heavy atom. The number of benzene rings is 1. The van der Waals surface area contributed by atoms with Gasteiger partial charge in [-0.15, -0.1) is 0 Å². The summed E-state index contributed by atoms with van der Waals surface area (Å²) in [5.41, 5.74) is -0.475. The van der Waals surface area contributed by atoms with Crippen molar-refractivity contribution in [3.63, 3.8) is 0 Å². The van der Waals surface area contributed by atoms with Crippen LogP contribution in [0.15, 0.2) is 23.1 Å². The first kappa shape index (κ1) is 18.6. The maximum atomic E-state index is 12.5. The van der Waals surface area contributed by atoms with E-state index in [1.54, 1.807) is 20.8 Å². The van der Waals surface area contributed by atoms with E-state index in [4.69, 9.17) is 0 Å². The molecule has 1 aromatic carbocycles. The van der Waals surface area contributed by atoms with Crippen LogP contribution in [0.2, 0.25) is 0 Å². The highest BCUT2D eigenvalue weighted by Crippen LogP contribution is 2.29. The van der Waals surface area contributed by atoms with Crippen molar-refractivity contribution < 1.29 is 13.3 Å². The molecule has 0 spiro atoms. The van der Waals surface area contributed by atoms with Crippen molar-refractivity contribution in [1.82, 2.24) is 4.72 Å². The lowest BCUT2D eigenvalue weighted by molar-refractivity contribution is -0.385. The van der Waals surface area contributed by atoms with Crippen LogP contribution in [0.25, 0.3) is 0 Å². The number of nitro groups is 1. The Morgan fingerprint density at radius 2 is 1.73 bits per heavy atom. The predicted octanol–water partition coefficient (Wildman–Crippen LogP) is 3.40. The number of nitrogens with zero attached hydrogens (tertiary/aromatic N) is 1. The molecule has 7 heteroatoms. The number of sulfonamides is 1. The van der Waals surface area contributed by atoms with Crippen molar-refractivity contribution in [2.45, 2.75) is 58.4 Å². The molecule has 0 fully saturated rings. The van der Waals surface area contributed by atoms with Gasteiger partial charge < -0.3 is 0 Å². The highest BCUT2D eigenvalue weighted by Gasteiger charge is 2.31. The molecular formula is C15H24N2O4S. The lowest BCUT2D eigenvalue weighted by atomic mass is 9.82. The third kappa shape index (κ3) is 5.06. The van der Waals surface area contributed by atoms with Gasteiger partial charge in [0.2, 0.25) is 10.0 Å². The topological polar surface area (TPSA) is 89.3 Å². The summed E-state index contributed by atoms with van der Waals surface area (Å²) in [6.45, 7) is 11.3. The Kier molecular flexibility index (Phi) is 5.04. The molecule has 0 heterocycles. The van der Waals surface area contributed by atoms with Gasteiger partial charge in [0, 0.05) is 17.2 Å². The quantitative estimate of drug-likeness (QED) is 0.662. The van der Waals surface area contributed by atoms with E-state index < -0.39 is 20.5 Å². The zero-order chi connectivity index (χ0) is 17.3. The fourth-order valence-electron chi connectivity index (χ4n) is 2.74. The van der Waals surface area contributed by atoms with E-state index in [2.05, 4.69) is 4.72 Å². The second-order valence-corrected chi connectivity index (χ2v) is 9.11. The number of nitro benzene ring substituents is 1. The first-order valence-corrected chi connectivity index (χ1v) is 8.51. The molecule has 1 N–H and O–H groups in total. The van der Waals surface area contributed by atoms with Crippen molar-refractivity contribution in [2.24, 2.45) is 5.41 Å². The van der Waals surface area contributed by atoms with Crippen molar-refractivity contribution in [3.8, 4) is 0 Å². The molecule has 0 aromatic heterocycles. The van der Waals surface area contributed by atoms with Crippen LogP contribution in [0.4, 0.5) is 5.69 Å². The average molecular weight is 328 g/mol. The monoisotopic (exact) mass is 328 g/mol. The summed E-state index contributed by atoms with van der Waals surface area (Å²) in [4.78, 5) is 10.3. The van der Waals surface area contributed by atoms with Gasteiger partial charge in [-0.25, -0.2) is 13.1 Å². The molecule has 0 saturated carbocycles. The highest BCUT2D eigenvalue weighted by molar-refractivity contribution is 7.89. The molecule has 0 unspecified atom stereocenters. The summed E-state index contributed by atoms with van der Waals surface area (Å²) in [6, 6.07) is 3.94. The van der Waals surface area contributed by atoms with Crippen LogP contribution in [0.1, 0.15) is 46.6 Å². The number of rotatable bonds is 5. The summed E-state index contributed by atoms with van der Waals surface area (Å²) < 4.78 is 27.6. The molecule has 0 aliphatic heterocycles. The van der Waals surface area contributed by atoms with Gasteiger partial charge in [0.25, 0.3) is 5.69 Å². The molecule has 22 heavy (non-hydrogen) atoms. The van der Waals surface area contributed by atoms with Crippen LogP contribution in [0.5, 0.6) is 0 Å². The summed E-state index contributed by atoms with van der Waals surface area (Å²) in [5, 5.41) is 11.0. The number of hydrogen-bond acceptors (Lipinski definition) is 4. The molecule has 0 saturated heterocycles. The molecule has 124 valence electrons. The van der Waals surface area contributed by atoms with Gasteiger partial charge in [0.05, 0.1) is 9.82 Å². The molecule has 0 atom stereocenters. The number of aryl methyl sites for hydroxylation is 1. The zero-order valence-electron chi connectivity index (χ0n) is 13.9. The van der Waals surface area contributed by atoms with Crippen molar-refractivity contribution >= 4 is 15.7 Å². The van der Waals surface area contributed by atoms with Gasteiger partial charge >= 0.3 is 0 Å². The maximum absolute atomic E-state index is 12.5. The van der Waals surface area contributed by atoms with Crippen LogP contribution >= 0.6 is 0 Å². The SMILES string of the molecule is Cc1ccc(S(=O)(=O)NC(C)(C)CC(C)(C)C)cc1[N+](=O)[O-]. The fraction of sp³-hybridized carbons (Fsp3) is 0.600. The Hall–Kier alpha value is -1.47. The van der Waals surface area contributed by atoms with E-state index in [1.807, 2.05) is 20.8 Å². The minimum absolute atomic E-state index is 0.0503. The number of hydrogen-bond donors (Lipinski definition) is 1. The molecule has 6 nitrogen and oxygen atoms in total. The lowest BCUT2D eigenvalue weighted by Gasteiger charge is -2.32. The normalized spacial score (nSPS) is 13.2. The molecular weight excluding hydrogens is 304 g/mol. The summed E-state index contributed by atoms with van der Waals surface area (Å²) in [5.74, 6) is 0. The third-order valence-corrected chi connectivity index (χ3v) is 4.77. The van der Waals surface area contributed by atoms with Gasteiger partial charge in [0.1, 0.15) is 0 Å². The minimum atomic E-state index is -3.82. The Balaban J connectivity index is 3.15. The van der Waals surface area contributed by atoms with Crippen LogP contribution in [0, 0.1) is 22.5 Å². The van der Waals surface area contributed by atoms with Gasteiger partial charge in [-0.3, -0.25) is 10.1 Å². The van der Waals surface area contributed by atoms with E-state index in [9.17, 15) is 18.5 Å². The second-order valence-electron chi connectivity index (χ2n) is 7.43. The van der Waals surface area contributed by atoms with E-state index >= 15 is 0 Å². The largest absolute Gasteiger partial charge is 0.273 e. The van der Waals surface area contributed by atoms with Gasteiger partial charge in [0.15, 0.2) is 0 Å². The van der Waals surface area contributed by atoms with Gasteiger partial charge in [-0.05, 0) is 38.7 Å². The van der Waals surface area contributed by atoms with E-state index in [1.165, 1.54) is 12.1 Å². The lowest BCUT2D eigenvalue weighted by Crippen LogP contribution is -2.45. The van der Waals surface area contributed by atoms with Gasteiger partial charge in [-0.2, -0.15) is 0 Å². The number of nitrogens with one attached hydrogen (secondary N) is 1. The fourth-order valence-corrected chi connectivity index (χ4v) is 4.17. The molecule has 0 radical (unpaired) electrons. The Bertz CT molecular complexity index is 673. The van der Waals surface area contributed by atoms with Crippen molar-refractivity contribution in [1.29, 1.82) is 0 Å². The molecule has 0 aliphatic rings. The first-order valence-electron chi connectivity index (χ1n) is 7.03. The van der Waals surface area contributed by atoms with Crippen LogP contribution in [-0.2, 0) is 10.0 Å². The first-order chi connectivity index (χ1) is 9.73. The second kappa shape index (κ2) is 5.96. The summed E-state index contributed by atoms with van der Waals surface area (Å²) in [6.07, 6.45) is 0.632. The van der Waals surface area contributed by atoms with Crippen molar-refractivity contribution in [3.05, 3.63) is 33.9 Å². The highest BCUT2D eigenvalue weighted by atomic mass is 32.2. The molecule has 0 bridgehead atoms. The zero-order valence-corrected chi connectivity index (χ0v) is 14.7.